The summed E-state index contributed by atoms with van der Waals surface area (Å²) < 4.78 is 12.7. The maximum absolute atomic E-state index is 12.7. The van der Waals surface area contributed by atoms with Gasteiger partial charge < -0.3 is 10.0 Å². The van der Waals surface area contributed by atoms with Crippen molar-refractivity contribution in [2.24, 2.45) is 0 Å². The van der Waals surface area contributed by atoms with Gasteiger partial charge in [-0.3, -0.25) is 0 Å². The Morgan fingerprint density at radius 1 is 1.58 bits per heavy atom. The van der Waals surface area contributed by atoms with Gasteiger partial charge in [0, 0.05) is 11.7 Å². The molecule has 1 aromatic heterocycles. The minimum absolute atomic E-state index is 0.243. The number of halogens is 1. The zero-order valence-electron chi connectivity index (χ0n) is 6.24. The maximum atomic E-state index is 12.7. The summed E-state index contributed by atoms with van der Waals surface area (Å²) in [6, 6.07) is 1.28. The van der Waals surface area contributed by atoms with Crippen molar-refractivity contribution in [3.05, 3.63) is 30.4 Å². The van der Waals surface area contributed by atoms with E-state index in [-0.39, 0.29) is 5.46 Å². The van der Waals surface area contributed by atoms with Gasteiger partial charge in [0.15, 0.2) is 0 Å². The summed E-state index contributed by atoms with van der Waals surface area (Å²) in [5.74, 6) is -0.879. The van der Waals surface area contributed by atoms with Crippen LogP contribution in [-0.2, 0) is 0 Å². The summed E-state index contributed by atoms with van der Waals surface area (Å²) in [6.45, 7) is 3.44. The van der Waals surface area contributed by atoms with Gasteiger partial charge in [0.05, 0.1) is 0 Å². The first-order chi connectivity index (χ1) is 5.65. The van der Waals surface area contributed by atoms with Gasteiger partial charge in [-0.05, 0) is 11.6 Å². The maximum Gasteiger partial charge on any atom is 0.493 e. The number of hydrogen-bond donors (Lipinski definition) is 2. The molecule has 0 atom stereocenters. The van der Waals surface area contributed by atoms with Crippen LogP contribution in [0, 0.1) is 5.95 Å². The predicted molar refractivity (Wildman–Crippen MR) is 44.1 cm³/mol. The molecule has 2 N–H and O–H groups in total. The lowest BCUT2D eigenvalue weighted by atomic mass is 9.80. The van der Waals surface area contributed by atoms with E-state index in [1.807, 2.05) is 0 Å². The molecule has 0 aromatic carbocycles. The van der Waals surface area contributed by atoms with Crippen LogP contribution >= 0.6 is 0 Å². The van der Waals surface area contributed by atoms with Gasteiger partial charge >= 0.3 is 7.12 Å². The third-order valence-electron chi connectivity index (χ3n) is 1.40. The van der Waals surface area contributed by atoms with Gasteiger partial charge in [0.2, 0.25) is 5.95 Å². The van der Waals surface area contributed by atoms with Crippen LogP contribution in [0.3, 0.4) is 0 Å². The molecular weight excluding hydrogens is 160 g/mol. The summed E-state index contributed by atoms with van der Waals surface area (Å²) >= 11 is 0. The van der Waals surface area contributed by atoms with Gasteiger partial charge in [-0.25, -0.2) is 4.98 Å². The van der Waals surface area contributed by atoms with Crippen molar-refractivity contribution in [3.8, 4) is 0 Å². The molecule has 0 unspecified atom stereocenters. The molecule has 0 aliphatic carbocycles. The van der Waals surface area contributed by atoms with Gasteiger partial charge in [0.1, 0.15) is 0 Å². The Morgan fingerprint density at radius 2 is 2.25 bits per heavy atom. The van der Waals surface area contributed by atoms with E-state index in [4.69, 9.17) is 10.0 Å². The first-order valence-corrected chi connectivity index (χ1v) is 3.29. The molecule has 12 heavy (non-hydrogen) atoms. The minimum Gasteiger partial charge on any atom is -0.423 e. The molecule has 62 valence electrons. The molecule has 1 heterocycles. The minimum atomic E-state index is -1.84. The summed E-state index contributed by atoms with van der Waals surface area (Å²) in [5, 5.41) is 17.3. The molecule has 1 aromatic rings. The van der Waals surface area contributed by atoms with E-state index >= 15 is 0 Å². The molecule has 0 saturated heterocycles. The standard InChI is InChI=1S/C7H7BFNO2/c1-2-5-3-6(8(11)12)7(9)10-4-5/h2-4,11-12H,1H2. The van der Waals surface area contributed by atoms with Crippen LogP contribution in [0.2, 0.25) is 0 Å². The fourth-order valence-electron chi connectivity index (χ4n) is 0.775. The van der Waals surface area contributed by atoms with Crippen molar-refractivity contribution in [1.82, 2.24) is 4.98 Å². The highest BCUT2D eigenvalue weighted by Crippen LogP contribution is 1.98. The zero-order chi connectivity index (χ0) is 9.14. The van der Waals surface area contributed by atoms with E-state index in [0.29, 0.717) is 5.56 Å². The second-order valence-corrected chi connectivity index (χ2v) is 2.23. The van der Waals surface area contributed by atoms with Gasteiger partial charge in [-0.15, -0.1) is 0 Å². The molecule has 0 aliphatic rings. The van der Waals surface area contributed by atoms with Crippen molar-refractivity contribution >= 4 is 18.7 Å². The Labute approximate surface area is 69.3 Å². The SMILES string of the molecule is C=Cc1cnc(F)c(B(O)O)c1. The highest BCUT2D eigenvalue weighted by Gasteiger charge is 2.17. The topological polar surface area (TPSA) is 53.4 Å². The monoisotopic (exact) mass is 167 g/mol. The van der Waals surface area contributed by atoms with Crippen LogP contribution in [0.15, 0.2) is 18.8 Å². The normalized spacial score (nSPS) is 9.58. The molecule has 0 amide bonds. The molecule has 3 nitrogen and oxygen atoms in total. The molecular formula is C7H7BFNO2. The van der Waals surface area contributed by atoms with E-state index < -0.39 is 13.1 Å². The van der Waals surface area contributed by atoms with Crippen molar-refractivity contribution in [2.45, 2.75) is 0 Å². The van der Waals surface area contributed by atoms with E-state index in [2.05, 4.69) is 11.6 Å². The number of hydrogen-bond acceptors (Lipinski definition) is 3. The van der Waals surface area contributed by atoms with Crippen molar-refractivity contribution in [3.63, 3.8) is 0 Å². The number of pyridine rings is 1. The molecule has 0 aliphatic heterocycles. The van der Waals surface area contributed by atoms with Crippen LogP contribution < -0.4 is 5.46 Å². The summed E-state index contributed by atoms with van der Waals surface area (Å²) in [6.07, 6.45) is 2.70. The van der Waals surface area contributed by atoms with Gasteiger partial charge in [-0.2, -0.15) is 4.39 Å². The second-order valence-electron chi connectivity index (χ2n) is 2.23. The van der Waals surface area contributed by atoms with Crippen molar-refractivity contribution < 1.29 is 14.4 Å². The molecule has 1 rings (SSSR count). The molecule has 0 spiro atoms. The van der Waals surface area contributed by atoms with Gasteiger partial charge in [-0.1, -0.05) is 12.7 Å². The highest BCUT2D eigenvalue weighted by atomic mass is 19.1. The second kappa shape index (κ2) is 3.47. The van der Waals surface area contributed by atoms with Crippen LogP contribution in [0.25, 0.3) is 6.08 Å². The lowest BCUT2D eigenvalue weighted by Crippen LogP contribution is -2.33. The van der Waals surface area contributed by atoms with Crippen molar-refractivity contribution in [1.29, 1.82) is 0 Å². The smallest absolute Gasteiger partial charge is 0.423 e. The largest absolute Gasteiger partial charge is 0.493 e. The molecule has 0 bridgehead atoms. The van der Waals surface area contributed by atoms with E-state index in [0.717, 1.165) is 0 Å². The number of nitrogens with zero attached hydrogens (tertiary/aromatic N) is 1. The third kappa shape index (κ3) is 1.69. The Balaban J connectivity index is 3.16. The number of aromatic nitrogens is 1. The summed E-state index contributed by atoms with van der Waals surface area (Å²) in [5.41, 5.74) is 0.298. The summed E-state index contributed by atoms with van der Waals surface area (Å²) in [4.78, 5) is 3.31. The van der Waals surface area contributed by atoms with E-state index in [1.165, 1.54) is 18.3 Å². The van der Waals surface area contributed by atoms with Crippen LogP contribution in [0.5, 0.6) is 0 Å². The van der Waals surface area contributed by atoms with Crippen LogP contribution in [0.4, 0.5) is 4.39 Å². The molecule has 5 heteroatoms. The Morgan fingerprint density at radius 3 is 2.75 bits per heavy atom. The summed E-state index contributed by atoms with van der Waals surface area (Å²) in [7, 11) is -1.84. The van der Waals surface area contributed by atoms with Gasteiger partial charge in [0.25, 0.3) is 0 Å². The Hall–Kier alpha value is -1.20. The first-order valence-electron chi connectivity index (χ1n) is 3.29. The Bertz CT molecular complexity index is 303. The van der Waals surface area contributed by atoms with Crippen LogP contribution in [-0.4, -0.2) is 22.2 Å². The predicted octanol–water partition coefficient (Wildman–Crippen LogP) is -0.456. The van der Waals surface area contributed by atoms with E-state index in [9.17, 15) is 4.39 Å². The molecule has 0 saturated carbocycles. The quantitative estimate of drug-likeness (QED) is 0.463. The number of rotatable bonds is 2. The van der Waals surface area contributed by atoms with Crippen LogP contribution in [0.1, 0.15) is 5.56 Å². The zero-order valence-corrected chi connectivity index (χ0v) is 6.24. The Kier molecular flexibility index (Phi) is 2.57. The highest BCUT2D eigenvalue weighted by molar-refractivity contribution is 6.58. The molecule has 0 radical (unpaired) electrons. The first kappa shape index (κ1) is 8.90. The average Bonchev–Trinajstić information content (AvgIpc) is 2.05. The van der Waals surface area contributed by atoms with E-state index in [1.54, 1.807) is 0 Å². The molecule has 0 fully saturated rings. The fraction of sp³-hybridized carbons (Fsp3) is 0. The third-order valence-corrected chi connectivity index (χ3v) is 1.40. The van der Waals surface area contributed by atoms with Crippen molar-refractivity contribution in [2.75, 3.05) is 0 Å². The average molecular weight is 167 g/mol. The lowest BCUT2D eigenvalue weighted by Gasteiger charge is -2.00. The lowest BCUT2D eigenvalue weighted by molar-refractivity contribution is 0.422. The fourth-order valence-corrected chi connectivity index (χ4v) is 0.775.